The lowest BCUT2D eigenvalue weighted by Gasteiger charge is -2.39. The average molecular weight is 640 g/mol. The first-order chi connectivity index (χ1) is 20.1. The van der Waals surface area contributed by atoms with Crippen LogP contribution >= 0.6 is 22.9 Å². The van der Waals surface area contributed by atoms with Gasteiger partial charge in [-0.15, -0.1) is 11.3 Å². The molecule has 4 aliphatic rings. The Balaban J connectivity index is 1.16. The number of rotatable bonds is 11. The highest BCUT2D eigenvalue weighted by atomic mass is 35.5. The third-order valence-electron chi connectivity index (χ3n) is 9.17. The zero-order chi connectivity index (χ0) is 30.0. The summed E-state index contributed by atoms with van der Waals surface area (Å²) < 4.78 is 28.4. The smallest absolute Gasteiger partial charge is 0.242 e. The Morgan fingerprint density at radius 2 is 1.90 bits per heavy atom. The van der Waals surface area contributed by atoms with Gasteiger partial charge in [-0.05, 0) is 82.5 Å². The lowest BCUT2D eigenvalue weighted by molar-refractivity contribution is -0.144. The number of sulfonamides is 1. The highest BCUT2D eigenvalue weighted by Gasteiger charge is 2.54. The summed E-state index contributed by atoms with van der Waals surface area (Å²) in [5, 5.41) is 1.05. The van der Waals surface area contributed by atoms with Crippen LogP contribution in [0.2, 0.25) is 4.34 Å². The first kappa shape index (κ1) is 31.4. The predicted octanol–water partition coefficient (Wildman–Crippen LogP) is 2.71. The molecule has 0 bridgehead atoms. The van der Waals surface area contributed by atoms with E-state index in [9.17, 15) is 22.8 Å². The molecule has 1 aliphatic carbocycles. The van der Waals surface area contributed by atoms with Crippen molar-refractivity contribution in [2.45, 2.75) is 58.0 Å². The summed E-state index contributed by atoms with van der Waals surface area (Å²) in [7, 11) is -3.86. The summed E-state index contributed by atoms with van der Waals surface area (Å²) in [4.78, 5) is 48.2. The highest BCUT2D eigenvalue weighted by Crippen LogP contribution is 2.50. The number of amides is 3. The second-order valence-electron chi connectivity index (χ2n) is 11.9. The maximum atomic E-state index is 13.6. The number of piperidine rings is 3. The Labute approximate surface area is 258 Å². The van der Waals surface area contributed by atoms with Crippen LogP contribution in [0.15, 0.2) is 17.5 Å². The van der Waals surface area contributed by atoms with E-state index in [0.29, 0.717) is 47.0 Å². The van der Waals surface area contributed by atoms with Gasteiger partial charge in [0.05, 0.1) is 16.8 Å². The van der Waals surface area contributed by atoms with Crippen LogP contribution < -0.4 is 4.72 Å². The molecule has 3 aliphatic heterocycles. The van der Waals surface area contributed by atoms with Crippen molar-refractivity contribution in [3.8, 4) is 0 Å². The molecule has 42 heavy (non-hydrogen) atoms. The Hall–Kier alpha value is -1.99. The molecule has 1 N–H and O–H groups in total. The first-order valence-corrected chi connectivity index (χ1v) is 17.9. The largest absolute Gasteiger partial charge is 0.343 e. The van der Waals surface area contributed by atoms with Crippen LogP contribution in [0, 0.1) is 17.8 Å². The van der Waals surface area contributed by atoms with Gasteiger partial charge in [0.15, 0.2) is 0 Å². The lowest BCUT2D eigenvalue weighted by atomic mass is 9.95. The maximum Gasteiger partial charge on any atom is 0.242 e. The molecule has 1 aromatic heterocycles. The molecular formula is C29H42ClN5O5S2. The molecular weight excluding hydrogens is 598 g/mol. The number of thiophene rings is 1. The van der Waals surface area contributed by atoms with Gasteiger partial charge in [-0.3, -0.25) is 14.4 Å². The van der Waals surface area contributed by atoms with Gasteiger partial charge in [0.2, 0.25) is 27.7 Å². The van der Waals surface area contributed by atoms with Gasteiger partial charge in [0, 0.05) is 55.6 Å². The molecule has 1 aromatic rings. The van der Waals surface area contributed by atoms with E-state index in [1.54, 1.807) is 12.1 Å². The molecule has 3 saturated heterocycles. The molecule has 10 nitrogen and oxygen atoms in total. The van der Waals surface area contributed by atoms with Crippen LogP contribution in [0.5, 0.6) is 0 Å². The van der Waals surface area contributed by atoms with Crippen molar-refractivity contribution < 1.29 is 22.8 Å². The van der Waals surface area contributed by atoms with Crippen molar-refractivity contribution in [3.63, 3.8) is 0 Å². The van der Waals surface area contributed by atoms with E-state index >= 15 is 0 Å². The fourth-order valence-corrected chi connectivity index (χ4v) is 8.92. The average Bonchev–Trinajstić information content (AvgIpc) is 3.47. The second kappa shape index (κ2) is 13.3. The number of fused-ring (bicyclic) bond motifs is 1. The standard InChI is InChI=1S/C29H42ClN5O5S2/c1-3-33(4-2)28(37)20-7-5-12-32(16-20)18-25-23-15-21(23)17-35(25)27(36)19-34-13-6-8-24(29(34)38)31-42(39,40)14-11-22-9-10-26(30)41-22/h9-11,14,20-21,23-25,31H,3-8,12-13,15-19H2,1-2H3/b14-11+/t20?,21?,23?,24-,25?/m0/s1. The number of carbonyl (C=O) groups excluding carboxylic acids is 3. The highest BCUT2D eigenvalue weighted by molar-refractivity contribution is 7.92. The van der Waals surface area contributed by atoms with Crippen molar-refractivity contribution >= 4 is 56.8 Å². The number of carbonyl (C=O) groups is 3. The predicted molar refractivity (Wildman–Crippen MR) is 164 cm³/mol. The van der Waals surface area contributed by atoms with Gasteiger partial charge in [0.25, 0.3) is 0 Å². The second-order valence-corrected chi connectivity index (χ2v) is 15.3. The van der Waals surface area contributed by atoms with Crippen molar-refractivity contribution in [1.29, 1.82) is 0 Å². The van der Waals surface area contributed by atoms with Crippen LogP contribution in [-0.4, -0.2) is 110 Å². The number of likely N-dealkylation sites (tertiary alicyclic amines) is 3. The maximum absolute atomic E-state index is 13.6. The van der Waals surface area contributed by atoms with E-state index in [1.165, 1.54) is 22.3 Å². The van der Waals surface area contributed by atoms with E-state index in [1.807, 2.05) is 23.6 Å². The minimum Gasteiger partial charge on any atom is -0.343 e. The molecule has 0 spiro atoms. The summed E-state index contributed by atoms with van der Waals surface area (Å²) >= 11 is 7.18. The number of nitrogens with one attached hydrogen (secondary N) is 1. The van der Waals surface area contributed by atoms with Gasteiger partial charge in [-0.1, -0.05) is 11.6 Å². The molecule has 0 radical (unpaired) electrons. The minimum atomic E-state index is -3.86. The number of halogens is 1. The fourth-order valence-electron chi connectivity index (χ4n) is 6.85. The van der Waals surface area contributed by atoms with E-state index in [0.717, 1.165) is 57.4 Å². The number of hydrogen-bond donors (Lipinski definition) is 1. The quantitative estimate of drug-likeness (QED) is 0.399. The Kier molecular flexibility index (Phi) is 9.98. The molecule has 232 valence electrons. The molecule has 0 aromatic carbocycles. The summed E-state index contributed by atoms with van der Waals surface area (Å²) in [5.41, 5.74) is 0. The van der Waals surface area contributed by atoms with Gasteiger partial charge in [-0.2, -0.15) is 4.72 Å². The Bertz CT molecular complexity index is 1300. The number of hydrogen-bond acceptors (Lipinski definition) is 7. The molecule has 1 saturated carbocycles. The molecule has 4 heterocycles. The third kappa shape index (κ3) is 7.38. The molecule has 13 heteroatoms. The molecule has 4 unspecified atom stereocenters. The normalized spacial score (nSPS) is 28.4. The van der Waals surface area contributed by atoms with E-state index in [-0.39, 0.29) is 36.2 Å². The topological polar surface area (TPSA) is 110 Å². The van der Waals surface area contributed by atoms with E-state index in [4.69, 9.17) is 11.6 Å². The van der Waals surface area contributed by atoms with Crippen LogP contribution in [0.1, 0.15) is 50.8 Å². The molecule has 5 rings (SSSR count). The van der Waals surface area contributed by atoms with Crippen molar-refractivity contribution in [2.24, 2.45) is 17.8 Å². The molecule has 4 fully saturated rings. The van der Waals surface area contributed by atoms with E-state index < -0.39 is 16.1 Å². The van der Waals surface area contributed by atoms with Crippen molar-refractivity contribution in [3.05, 3.63) is 26.8 Å². The lowest BCUT2D eigenvalue weighted by Crippen LogP contribution is -2.56. The number of nitrogens with zero attached hydrogens (tertiary/aromatic N) is 4. The summed E-state index contributed by atoms with van der Waals surface area (Å²) in [6.45, 7) is 8.98. The van der Waals surface area contributed by atoms with E-state index in [2.05, 4.69) is 9.62 Å². The van der Waals surface area contributed by atoms with Gasteiger partial charge in [0.1, 0.15) is 6.04 Å². The Morgan fingerprint density at radius 1 is 1.14 bits per heavy atom. The van der Waals surface area contributed by atoms with Gasteiger partial charge >= 0.3 is 0 Å². The zero-order valence-corrected chi connectivity index (χ0v) is 26.8. The third-order valence-corrected chi connectivity index (χ3v) is 11.5. The first-order valence-electron chi connectivity index (χ1n) is 15.1. The zero-order valence-electron chi connectivity index (χ0n) is 24.4. The van der Waals surface area contributed by atoms with Crippen LogP contribution in [-0.2, 0) is 24.4 Å². The van der Waals surface area contributed by atoms with Crippen LogP contribution in [0.4, 0.5) is 0 Å². The SMILES string of the molecule is CCN(CC)C(=O)C1CCCN(CC2C3CC3CN2C(=O)CN2CCC[C@H](NS(=O)(=O)/C=C/c3ccc(Cl)s3)C2=O)C1. The van der Waals surface area contributed by atoms with Crippen molar-refractivity contribution in [1.82, 2.24) is 24.3 Å². The molecule has 5 atom stereocenters. The summed E-state index contributed by atoms with van der Waals surface area (Å²) in [6, 6.07) is 2.61. The monoisotopic (exact) mass is 639 g/mol. The van der Waals surface area contributed by atoms with Crippen LogP contribution in [0.3, 0.4) is 0 Å². The summed E-state index contributed by atoms with van der Waals surface area (Å²) in [5.74, 6) is 0.789. The summed E-state index contributed by atoms with van der Waals surface area (Å²) in [6.07, 6.45) is 5.47. The molecule has 3 amide bonds. The van der Waals surface area contributed by atoms with Crippen LogP contribution in [0.25, 0.3) is 6.08 Å². The fraction of sp³-hybridized carbons (Fsp3) is 0.690. The Morgan fingerprint density at radius 3 is 2.62 bits per heavy atom. The van der Waals surface area contributed by atoms with Gasteiger partial charge < -0.3 is 19.6 Å². The van der Waals surface area contributed by atoms with Crippen molar-refractivity contribution in [2.75, 3.05) is 52.4 Å². The van der Waals surface area contributed by atoms with Gasteiger partial charge in [-0.25, -0.2) is 8.42 Å². The minimum absolute atomic E-state index is 0.00356.